The van der Waals surface area contributed by atoms with E-state index in [1.54, 1.807) is 7.11 Å². The van der Waals surface area contributed by atoms with Crippen LogP contribution in [-0.4, -0.2) is 20.2 Å². The fourth-order valence-corrected chi connectivity index (χ4v) is 2.07. The smallest absolute Gasteiger partial charge is 0.310 e. The molecule has 0 saturated heterocycles. The lowest BCUT2D eigenvalue weighted by atomic mass is 10.0. The van der Waals surface area contributed by atoms with Crippen molar-refractivity contribution in [3.63, 3.8) is 0 Å². The Morgan fingerprint density at radius 1 is 1.05 bits per heavy atom. The molecule has 0 atom stereocenters. The van der Waals surface area contributed by atoms with E-state index in [1.165, 1.54) is 7.11 Å². The number of halogens is 1. The number of ether oxygens (including phenoxy) is 2. The van der Waals surface area contributed by atoms with E-state index >= 15 is 0 Å². The summed E-state index contributed by atoms with van der Waals surface area (Å²) in [5.74, 6) is 0.380. The highest BCUT2D eigenvalue weighted by Crippen LogP contribution is 2.28. The standard InChI is InChI=1S/C16H15ClO3/c1-19-15-9-12(11-5-7-14(17)8-6-11)3-4-13(15)10-16(18)20-2/h3-9H,10H2,1-2H3. The van der Waals surface area contributed by atoms with Gasteiger partial charge in [-0.25, -0.2) is 0 Å². The number of rotatable bonds is 4. The molecule has 0 aliphatic carbocycles. The van der Waals surface area contributed by atoms with Gasteiger partial charge in [-0.3, -0.25) is 4.79 Å². The van der Waals surface area contributed by atoms with Crippen molar-refractivity contribution in [3.8, 4) is 16.9 Å². The number of carbonyl (C=O) groups is 1. The molecule has 0 spiro atoms. The van der Waals surface area contributed by atoms with E-state index in [9.17, 15) is 4.79 Å². The third-order valence-corrected chi connectivity index (χ3v) is 3.28. The Bertz CT molecular complexity index is 606. The van der Waals surface area contributed by atoms with E-state index in [0.29, 0.717) is 10.8 Å². The summed E-state index contributed by atoms with van der Waals surface area (Å²) in [7, 11) is 2.96. The molecule has 0 radical (unpaired) electrons. The molecule has 0 aromatic heterocycles. The van der Waals surface area contributed by atoms with E-state index < -0.39 is 0 Å². The largest absolute Gasteiger partial charge is 0.496 e. The summed E-state index contributed by atoms with van der Waals surface area (Å²) in [5, 5.41) is 0.697. The summed E-state index contributed by atoms with van der Waals surface area (Å²) in [5.41, 5.74) is 2.85. The van der Waals surface area contributed by atoms with Crippen molar-refractivity contribution in [1.82, 2.24) is 0 Å². The van der Waals surface area contributed by atoms with Gasteiger partial charge in [0.25, 0.3) is 0 Å². The van der Waals surface area contributed by atoms with E-state index in [0.717, 1.165) is 16.7 Å². The van der Waals surface area contributed by atoms with Gasteiger partial charge in [0.05, 0.1) is 20.6 Å². The predicted octanol–water partition coefficient (Wildman–Crippen LogP) is 3.73. The van der Waals surface area contributed by atoms with Crippen LogP contribution in [0.25, 0.3) is 11.1 Å². The van der Waals surface area contributed by atoms with Crippen LogP contribution in [0.3, 0.4) is 0 Å². The molecule has 3 nitrogen and oxygen atoms in total. The molecule has 0 aliphatic heterocycles. The molecule has 0 unspecified atom stereocenters. The topological polar surface area (TPSA) is 35.5 Å². The van der Waals surface area contributed by atoms with Crippen LogP contribution in [0, 0.1) is 0 Å². The van der Waals surface area contributed by atoms with Gasteiger partial charge in [-0.1, -0.05) is 35.9 Å². The summed E-state index contributed by atoms with van der Waals surface area (Å²) < 4.78 is 10.0. The number of hydrogen-bond donors (Lipinski definition) is 0. The molecule has 20 heavy (non-hydrogen) atoms. The summed E-state index contributed by atoms with van der Waals surface area (Å²) in [4.78, 5) is 11.3. The minimum atomic E-state index is -0.289. The maximum Gasteiger partial charge on any atom is 0.310 e. The van der Waals surface area contributed by atoms with Crippen LogP contribution >= 0.6 is 11.6 Å². The summed E-state index contributed by atoms with van der Waals surface area (Å²) in [6, 6.07) is 13.3. The number of carbonyl (C=O) groups excluding carboxylic acids is 1. The zero-order chi connectivity index (χ0) is 14.5. The van der Waals surface area contributed by atoms with Gasteiger partial charge < -0.3 is 9.47 Å². The van der Waals surface area contributed by atoms with Crippen molar-refractivity contribution in [1.29, 1.82) is 0 Å². The minimum absolute atomic E-state index is 0.195. The maximum atomic E-state index is 11.3. The first kappa shape index (κ1) is 14.4. The van der Waals surface area contributed by atoms with Crippen LogP contribution in [0.4, 0.5) is 0 Å². The molecule has 2 aromatic carbocycles. The molecule has 0 N–H and O–H groups in total. The van der Waals surface area contributed by atoms with Crippen molar-refractivity contribution in [2.45, 2.75) is 6.42 Å². The highest BCUT2D eigenvalue weighted by atomic mass is 35.5. The minimum Gasteiger partial charge on any atom is -0.496 e. The summed E-state index contributed by atoms with van der Waals surface area (Å²) in [6.45, 7) is 0. The highest BCUT2D eigenvalue weighted by molar-refractivity contribution is 6.30. The number of hydrogen-bond acceptors (Lipinski definition) is 3. The summed E-state index contributed by atoms with van der Waals surface area (Å²) >= 11 is 5.88. The molecular formula is C16H15ClO3. The molecule has 4 heteroatoms. The Morgan fingerprint density at radius 2 is 1.70 bits per heavy atom. The molecule has 0 bridgehead atoms. The Morgan fingerprint density at radius 3 is 2.30 bits per heavy atom. The van der Waals surface area contributed by atoms with Gasteiger partial charge >= 0.3 is 5.97 Å². The Labute approximate surface area is 123 Å². The molecule has 104 valence electrons. The van der Waals surface area contributed by atoms with Gasteiger partial charge in [0.2, 0.25) is 0 Å². The average Bonchev–Trinajstić information content (AvgIpc) is 2.48. The van der Waals surface area contributed by atoms with E-state index in [1.807, 2.05) is 42.5 Å². The second-order valence-corrected chi connectivity index (χ2v) is 4.72. The van der Waals surface area contributed by atoms with E-state index in [-0.39, 0.29) is 12.4 Å². The molecule has 2 rings (SSSR count). The van der Waals surface area contributed by atoms with Crippen molar-refractivity contribution in [3.05, 3.63) is 53.1 Å². The van der Waals surface area contributed by atoms with Crippen LogP contribution in [-0.2, 0) is 16.0 Å². The van der Waals surface area contributed by atoms with Crippen LogP contribution < -0.4 is 4.74 Å². The predicted molar refractivity (Wildman–Crippen MR) is 79.2 cm³/mol. The van der Waals surface area contributed by atoms with E-state index in [2.05, 4.69) is 4.74 Å². The SMILES string of the molecule is COC(=O)Cc1ccc(-c2ccc(Cl)cc2)cc1OC. The fraction of sp³-hybridized carbons (Fsp3) is 0.188. The fourth-order valence-electron chi connectivity index (χ4n) is 1.94. The van der Waals surface area contributed by atoms with Gasteiger partial charge in [-0.15, -0.1) is 0 Å². The Balaban J connectivity index is 2.33. The Hall–Kier alpha value is -2.00. The third-order valence-electron chi connectivity index (χ3n) is 3.03. The van der Waals surface area contributed by atoms with Gasteiger partial charge in [-0.05, 0) is 29.3 Å². The molecule has 2 aromatic rings. The quantitative estimate of drug-likeness (QED) is 0.805. The molecule has 0 amide bonds. The second kappa shape index (κ2) is 6.44. The first-order valence-corrected chi connectivity index (χ1v) is 6.51. The van der Waals surface area contributed by atoms with Crippen LogP contribution in [0.2, 0.25) is 5.02 Å². The summed E-state index contributed by atoms with van der Waals surface area (Å²) in [6.07, 6.45) is 0.195. The average molecular weight is 291 g/mol. The second-order valence-electron chi connectivity index (χ2n) is 4.29. The molecular weight excluding hydrogens is 276 g/mol. The molecule has 0 heterocycles. The zero-order valence-corrected chi connectivity index (χ0v) is 12.1. The maximum absolute atomic E-state index is 11.3. The van der Waals surface area contributed by atoms with Gasteiger partial charge in [-0.2, -0.15) is 0 Å². The zero-order valence-electron chi connectivity index (χ0n) is 11.4. The number of esters is 1. The lowest BCUT2D eigenvalue weighted by Gasteiger charge is -2.10. The van der Waals surface area contributed by atoms with Crippen molar-refractivity contribution in [2.24, 2.45) is 0 Å². The lowest BCUT2D eigenvalue weighted by molar-refractivity contribution is -0.139. The van der Waals surface area contributed by atoms with Crippen molar-refractivity contribution < 1.29 is 14.3 Å². The number of benzene rings is 2. The van der Waals surface area contributed by atoms with Crippen LogP contribution in [0.5, 0.6) is 5.75 Å². The first-order valence-electron chi connectivity index (χ1n) is 6.13. The Kier molecular flexibility index (Phi) is 4.64. The van der Waals surface area contributed by atoms with Crippen molar-refractivity contribution >= 4 is 17.6 Å². The normalized spacial score (nSPS) is 10.2. The van der Waals surface area contributed by atoms with Gasteiger partial charge in [0, 0.05) is 10.6 Å². The third kappa shape index (κ3) is 3.31. The lowest BCUT2D eigenvalue weighted by Crippen LogP contribution is -2.05. The monoisotopic (exact) mass is 290 g/mol. The van der Waals surface area contributed by atoms with Crippen LogP contribution in [0.15, 0.2) is 42.5 Å². The highest BCUT2D eigenvalue weighted by Gasteiger charge is 2.10. The van der Waals surface area contributed by atoms with E-state index in [4.69, 9.17) is 16.3 Å². The van der Waals surface area contributed by atoms with Crippen molar-refractivity contribution in [2.75, 3.05) is 14.2 Å². The first-order chi connectivity index (χ1) is 9.63. The van der Waals surface area contributed by atoms with Gasteiger partial charge in [0.1, 0.15) is 5.75 Å². The number of methoxy groups -OCH3 is 2. The molecule has 0 fully saturated rings. The van der Waals surface area contributed by atoms with Gasteiger partial charge in [0.15, 0.2) is 0 Å². The van der Waals surface area contributed by atoms with Crippen LogP contribution in [0.1, 0.15) is 5.56 Å². The molecule has 0 saturated carbocycles. The molecule has 0 aliphatic rings.